The summed E-state index contributed by atoms with van der Waals surface area (Å²) in [5.74, 6) is 1.40. The lowest BCUT2D eigenvalue weighted by molar-refractivity contribution is -0.146. The molecule has 2 aromatic heterocycles. The van der Waals surface area contributed by atoms with Crippen molar-refractivity contribution in [1.82, 2.24) is 19.5 Å². The van der Waals surface area contributed by atoms with Crippen LogP contribution in [0.1, 0.15) is 48.0 Å². The maximum absolute atomic E-state index is 13.3. The molecule has 0 bridgehead atoms. The summed E-state index contributed by atoms with van der Waals surface area (Å²) in [5, 5.41) is 5.03. The van der Waals surface area contributed by atoms with E-state index in [0.717, 1.165) is 27.1 Å². The van der Waals surface area contributed by atoms with Crippen molar-refractivity contribution in [2.24, 2.45) is 0 Å². The van der Waals surface area contributed by atoms with Crippen LogP contribution in [0, 0.1) is 0 Å². The van der Waals surface area contributed by atoms with Crippen LogP contribution >= 0.6 is 0 Å². The van der Waals surface area contributed by atoms with E-state index in [1.165, 1.54) is 6.33 Å². The Bertz CT molecular complexity index is 2810. The van der Waals surface area contributed by atoms with Gasteiger partial charge in [0.15, 0.2) is 17.0 Å². The van der Waals surface area contributed by atoms with Crippen LogP contribution in [0.3, 0.4) is 0 Å². The second kappa shape index (κ2) is 17.0. The highest BCUT2D eigenvalue weighted by molar-refractivity contribution is 6.99. The Labute approximate surface area is 374 Å². The molecule has 11 nitrogen and oxygen atoms in total. The Kier molecular flexibility index (Phi) is 10.6. The summed E-state index contributed by atoms with van der Waals surface area (Å²) in [4.78, 5) is 27.1. The lowest BCUT2D eigenvalue weighted by Crippen LogP contribution is -2.63. The first-order valence-electron chi connectivity index (χ1n) is 21.9. The number of nitrogens with zero attached hydrogens (tertiary/aromatic N) is 4. The van der Waals surface area contributed by atoms with Gasteiger partial charge in [0.2, 0.25) is 0 Å². The molecule has 2 aliphatic rings. The molecule has 0 spiro atoms. The van der Waals surface area contributed by atoms with E-state index in [1.807, 2.05) is 126 Å². The Hall–Kier alpha value is -6.96. The van der Waals surface area contributed by atoms with E-state index in [2.05, 4.69) is 51.7 Å². The van der Waals surface area contributed by atoms with Gasteiger partial charge in [-0.15, -0.1) is 0 Å². The van der Waals surface area contributed by atoms with E-state index in [0.29, 0.717) is 34.6 Å². The van der Waals surface area contributed by atoms with Gasteiger partial charge in [0.25, 0.3) is 14.2 Å². The van der Waals surface area contributed by atoms with Crippen LogP contribution in [0.25, 0.3) is 11.2 Å². The molecule has 6 aromatic carbocycles. The lowest BCUT2D eigenvalue weighted by Gasteiger charge is -2.42. The molecular weight excluding hydrogens is 819 g/mol. The summed E-state index contributed by atoms with van der Waals surface area (Å²) >= 11 is 0. The second-order valence-corrected chi connectivity index (χ2v) is 19.6. The number of carbonyl (C=O) groups is 1. The van der Waals surface area contributed by atoms with Crippen molar-refractivity contribution < 1.29 is 29.5 Å². The summed E-state index contributed by atoms with van der Waals surface area (Å²) in [5.41, 5.74) is 1.22. The molecule has 10 rings (SSSR count). The normalized spacial score (nSPS) is 20.3. The zero-order chi connectivity index (χ0) is 44.4. The van der Waals surface area contributed by atoms with Crippen molar-refractivity contribution in [3.8, 4) is 11.5 Å². The summed E-state index contributed by atoms with van der Waals surface area (Å²) in [6.45, 7) is 0.0353. The Morgan fingerprint density at radius 2 is 1.30 bits per heavy atom. The fourth-order valence-electron chi connectivity index (χ4n) is 9.56. The molecule has 320 valence electrons. The molecule has 1 amide bonds. The highest BCUT2D eigenvalue weighted by Gasteiger charge is 2.70. The molecule has 8 aromatic rings. The minimum absolute atomic E-state index is 0.00545. The third-order valence-electron chi connectivity index (χ3n) is 12.8. The third kappa shape index (κ3) is 6.86. The van der Waals surface area contributed by atoms with Crippen molar-refractivity contribution in [2.45, 2.75) is 42.4 Å². The summed E-state index contributed by atoms with van der Waals surface area (Å²) in [7, 11) is 0.0138. The van der Waals surface area contributed by atoms with Gasteiger partial charge in [-0.3, -0.25) is 9.36 Å². The number of rotatable bonds is 13. The SMILES string of the molecule is [2H]CC1[C@]2(COC(c3ccccc3)(c3ccc(OC)cc3)c3ccc(OC)cc3)O[C@@H](n3cnc4c(NC(=O)c5ccccc5)ncnc43)CC2O[Si]1(c1ccccc1)c1ccccc1. The molecule has 4 heterocycles. The van der Waals surface area contributed by atoms with Crippen LogP contribution in [-0.2, 0) is 19.5 Å². The van der Waals surface area contributed by atoms with E-state index in [-0.39, 0.29) is 25.2 Å². The van der Waals surface area contributed by atoms with Crippen LogP contribution < -0.4 is 25.2 Å². The van der Waals surface area contributed by atoms with Crippen LogP contribution in [-0.4, -0.2) is 66.3 Å². The van der Waals surface area contributed by atoms with Gasteiger partial charge < -0.3 is 28.7 Å². The maximum Gasteiger partial charge on any atom is 0.262 e. The molecule has 1 N–H and O–H groups in total. The molecule has 0 saturated carbocycles. The van der Waals surface area contributed by atoms with Crippen molar-refractivity contribution in [3.63, 3.8) is 0 Å². The molecule has 2 fully saturated rings. The number of fused-ring (bicyclic) bond motifs is 2. The van der Waals surface area contributed by atoms with Crippen LogP contribution in [0.2, 0.25) is 5.54 Å². The predicted octanol–water partition coefficient (Wildman–Crippen LogP) is 8.31. The number of hydrogen-bond acceptors (Lipinski definition) is 9. The van der Waals surface area contributed by atoms with Gasteiger partial charge >= 0.3 is 0 Å². The minimum atomic E-state index is -3.29. The number of methoxy groups -OCH3 is 2. The summed E-state index contributed by atoms with van der Waals surface area (Å²) in [6.07, 6.45) is 2.32. The van der Waals surface area contributed by atoms with Gasteiger partial charge in [0, 0.05) is 18.9 Å². The van der Waals surface area contributed by atoms with Crippen LogP contribution in [0.15, 0.2) is 183 Å². The molecule has 0 radical (unpaired) electrons. The average Bonchev–Trinajstić information content (AvgIpc) is 4.05. The number of ether oxygens (including phenoxy) is 4. The zero-order valence-electron chi connectivity index (χ0n) is 36.4. The molecule has 64 heavy (non-hydrogen) atoms. The van der Waals surface area contributed by atoms with E-state index in [4.69, 9.17) is 28.4 Å². The smallest absolute Gasteiger partial charge is 0.262 e. The third-order valence-corrected chi connectivity index (χ3v) is 17.3. The number of imidazole rings is 1. The second-order valence-electron chi connectivity index (χ2n) is 16.0. The quantitative estimate of drug-likeness (QED) is 0.0902. The van der Waals surface area contributed by atoms with E-state index < -0.39 is 37.4 Å². The number of hydrogen-bond donors (Lipinski definition) is 1. The van der Waals surface area contributed by atoms with Gasteiger partial charge in [-0.1, -0.05) is 140 Å². The number of benzene rings is 6. The molecular formula is C52H47N5O6Si. The van der Waals surface area contributed by atoms with Crippen molar-refractivity contribution in [3.05, 3.63) is 205 Å². The monoisotopic (exact) mass is 866 g/mol. The van der Waals surface area contributed by atoms with Crippen LogP contribution in [0.4, 0.5) is 5.82 Å². The fourth-order valence-corrected chi connectivity index (χ4v) is 14.3. The Balaban J connectivity index is 1.13. The highest BCUT2D eigenvalue weighted by atomic mass is 28.4. The standard InChI is InChI=1S/C52H47N5O6Si/c1-36-51(33-61-52(38-18-10-5-11-19-38,39-24-28-41(59-2)29-25-39)40-26-30-42(60-3)31-27-40)45(63-64(36,43-20-12-6-13-21-43)44-22-14-7-15-23-44)32-46(62-51)57-35-55-47-48(53-34-54-49(47)57)56-50(58)37-16-8-4-9-17-37/h4-31,34-36,45-46H,32-33H2,1-3H3,(H,53,54,56,58)/t36?,45?,46-,51+/m1/s1/i1D. The van der Waals surface area contributed by atoms with Crippen molar-refractivity contribution in [1.29, 1.82) is 0 Å². The number of aromatic nitrogens is 4. The van der Waals surface area contributed by atoms with Crippen molar-refractivity contribution >= 4 is 41.6 Å². The van der Waals surface area contributed by atoms with Gasteiger partial charge in [-0.2, -0.15) is 0 Å². The zero-order valence-corrected chi connectivity index (χ0v) is 36.4. The lowest BCUT2D eigenvalue weighted by atomic mass is 9.79. The summed E-state index contributed by atoms with van der Waals surface area (Å²) in [6, 6.07) is 55.7. The average molecular weight is 867 g/mol. The van der Waals surface area contributed by atoms with E-state index >= 15 is 0 Å². The Morgan fingerprint density at radius 1 is 0.750 bits per heavy atom. The maximum atomic E-state index is 13.3. The van der Waals surface area contributed by atoms with Gasteiger partial charge in [0.1, 0.15) is 35.3 Å². The van der Waals surface area contributed by atoms with E-state index in [1.54, 1.807) is 32.7 Å². The first-order chi connectivity index (χ1) is 31.9. The highest BCUT2D eigenvalue weighted by Crippen LogP contribution is 2.57. The predicted molar refractivity (Wildman–Crippen MR) is 248 cm³/mol. The van der Waals surface area contributed by atoms with Crippen LogP contribution in [0.5, 0.6) is 11.5 Å². The molecule has 0 aliphatic carbocycles. The molecule has 2 unspecified atom stereocenters. The number of anilines is 1. The molecule has 4 atom stereocenters. The fraction of sp³-hybridized carbons (Fsp3) is 0.192. The molecule has 2 aliphatic heterocycles. The number of nitrogens with one attached hydrogen (secondary N) is 1. The van der Waals surface area contributed by atoms with E-state index in [9.17, 15) is 6.17 Å². The first-order valence-corrected chi connectivity index (χ1v) is 23.2. The number of amides is 1. The minimum Gasteiger partial charge on any atom is -0.497 e. The van der Waals surface area contributed by atoms with Gasteiger partial charge in [-0.05, 0) is 63.5 Å². The topological polar surface area (TPSA) is 119 Å². The summed E-state index contributed by atoms with van der Waals surface area (Å²) < 4.78 is 45.8. The largest absolute Gasteiger partial charge is 0.497 e. The molecule has 2 saturated heterocycles. The van der Waals surface area contributed by atoms with Crippen molar-refractivity contribution in [2.75, 3.05) is 26.1 Å². The first kappa shape index (κ1) is 39.9. The Morgan fingerprint density at radius 3 is 1.86 bits per heavy atom. The number of carbonyl (C=O) groups excluding carboxylic acids is 1. The molecule has 12 heteroatoms. The van der Waals surface area contributed by atoms with Gasteiger partial charge in [0.05, 0.1) is 33.3 Å². The van der Waals surface area contributed by atoms with Gasteiger partial charge in [-0.25, -0.2) is 15.0 Å².